The van der Waals surface area contributed by atoms with Gasteiger partial charge in [0.05, 0.1) is 5.02 Å². The molecule has 1 saturated heterocycles. The molecule has 2 aromatic rings. The van der Waals surface area contributed by atoms with Crippen LogP contribution in [0.5, 0.6) is 5.75 Å². The van der Waals surface area contributed by atoms with E-state index in [1.807, 2.05) is 12.1 Å². The van der Waals surface area contributed by atoms with Gasteiger partial charge in [-0.2, -0.15) is 0 Å². The lowest BCUT2D eigenvalue weighted by molar-refractivity contribution is 0.0498. The Morgan fingerprint density at radius 1 is 1.12 bits per heavy atom. The zero-order chi connectivity index (χ0) is 18.5. The molecule has 26 heavy (non-hydrogen) atoms. The molecule has 5 heteroatoms. The first kappa shape index (κ1) is 19.2. The van der Waals surface area contributed by atoms with Gasteiger partial charge in [-0.05, 0) is 42.2 Å². The molecule has 2 aromatic carbocycles. The first-order chi connectivity index (χ1) is 12.6. The van der Waals surface area contributed by atoms with Gasteiger partial charge in [0.25, 0.3) is 0 Å². The van der Waals surface area contributed by atoms with Crippen LogP contribution in [0.4, 0.5) is 0 Å². The van der Waals surface area contributed by atoms with E-state index in [0.717, 1.165) is 44.7 Å². The van der Waals surface area contributed by atoms with Crippen LogP contribution in [0.3, 0.4) is 0 Å². The van der Waals surface area contributed by atoms with Gasteiger partial charge in [-0.1, -0.05) is 41.9 Å². The van der Waals surface area contributed by atoms with Crippen LogP contribution in [0.2, 0.25) is 5.02 Å². The summed E-state index contributed by atoms with van der Waals surface area (Å²) in [7, 11) is 0. The van der Waals surface area contributed by atoms with Crippen LogP contribution in [-0.2, 0) is 13.1 Å². The standard InChI is InChI=1S/C21H27ClN2O2/c1-16-4-2-3-5-18(16)14-24-10-9-23(15-19(24)8-11-25)13-17-6-7-21(26)20(22)12-17/h2-7,12,19,25-26H,8-11,13-15H2,1H3. The summed E-state index contributed by atoms with van der Waals surface area (Å²) in [6.07, 6.45) is 0.777. The van der Waals surface area contributed by atoms with E-state index in [0.29, 0.717) is 11.1 Å². The monoisotopic (exact) mass is 374 g/mol. The summed E-state index contributed by atoms with van der Waals surface area (Å²) in [5, 5.41) is 19.5. The van der Waals surface area contributed by atoms with Crippen LogP contribution < -0.4 is 0 Å². The van der Waals surface area contributed by atoms with Gasteiger partial charge in [0, 0.05) is 45.4 Å². The molecule has 0 saturated carbocycles. The second-order valence-corrected chi connectivity index (χ2v) is 7.49. The van der Waals surface area contributed by atoms with E-state index < -0.39 is 0 Å². The Morgan fingerprint density at radius 3 is 2.65 bits per heavy atom. The largest absolute Gasteiger partial charge is 0.506 e. The zero-order valence-corrected chi connectivity index (χ0v) is 16.0. The first-order valence-electron chi connectivity index (χ1n) is 9.16. The van der Waals surface area contributed by atoms with Crippen molar-refractivity contribution in [3.63, 3.8) is 0 Å². The van der Waals surface area contributed by atoms with E-state index in [2.05, 4.69) is 41.0 Å². The van der Waals surface area contributed by atoms with Crippen molar-refractivity contribution in [2.75, 3.05) is 26.2 Å². The number of benzene rings is 2. The zero-order valence-electron chi connectivity index (χ0n) is 15.2. The van der Waals surface area contributed by atoms with Gasteiger partial charge in [-0.15, -0.1) is 0 Å². The third-order valence-corrected chi connectivity index (χ3v) is 5.51. The Bertz CT molecular complexity index is 738. The predicted octanol–water partition coefficient (Wildman–Crippen LogP) is 3.42. The topological polar surface area (TPSA) is 46.9 Å². The number of phenolic OH excluding ortho intramolecular Hbond substituents is 1. The number of aliphatic hydroxyl groups excluding tert-OH is 1. The van der Waals surface area contributed by atoms with Crippen molar-refractivity contribution >= 4 is 11.6 Å². The molecule has 1 aliphatic heterocycles. The highest BCUT2D eigenvalue weighted by molar-refractivity contribution is 6.32. The fourth-order valence-electron chi connectivity index (χ4n) is 3.65. The van der Waals surface area contributed by atoms with Crippen LogP contribution >= 0.6 is 11.6 Å². The Morgan fingerprint density at radius 2 is 1.92 bits per heavy atom. The predicted molar refractivity (Wildman–Crippen MR) is 105 cm³/mol. The van der Waals surface area contributed by atoms with Crippen LogP contribution in [-0.4, -0.2) is 52.3 Å². The summed E-state index contributed by atoms with van der Waals surface area (Å²) in [6, 6.07) is 14.2. The van der Waals surface area contributed by atoms with E-state index in [9.17, 15) is 10.2 Å². The van der Waals surface area contributed by atoms with Crippen molar-refractivity contribution in [3.8, 4) is 5.75 Å². The summed E-state index contributed by atoms with van der Waals surface area (Å²) in [6.45, 7) is 6.97. The van der Waals surface area contributed by atoms with Crippen molar-refractivity contribution in [2.45, 2.75) is 32.5 Å². The Hall–Kier alpha value is -1.59. The van der Waals surface area contributed by atoms with Gasteiger partial charge in [0.15, 0.2) is 0 Å². The smallest absolute Gasteiger partial charge is 0.134 e. The van der Waals surface area contributed by atoms with E-state index in [-0.39, 0.29) is 12.4 Å². The van der Waals surface area contributed by atoms with Crippen molar-refractivity contribution < 1.29 is 10.2 Å². The molecule has 0 spiro atoms. The number of phenols is 1. The molecule has 1 atom stereocenters. The normalized spacial score (nSPS) is 19.0. The van der Waals surface area contributed by atoms with Gasteiger partial charge in [0.1, 0.15) is 5.75 Å². The lowest BCUT2D eigenvalue weighted by Crippen LogP contribution is -2.52. The maximum absolute atomic E-state index is 9.58. The Labute approximate surface area is 160 Å². The minimum Gasteiger partial charge on any atom is -0.506 e. The van der Waals surface area contributed by atoms with Crippen molar-refractivity contribution in [1.29, 1.82) is 0 Å². The van der Waals surface area contributed by atoms with Gasteiger partial charge in [-0.25, -0.2) is 0 Å². The van der Waals surface area contributed by atoms with Crippen LogP contribution in [0.1, 0.15) is 23.1 Å². The minimum atomic E-state index is 0.122. The number of aryl methyl sites for hydroxylation is 1. The average Bonchev–Trinajstić information content (AvgIpc) is 2.62. The number of rotatable bonds is 6. The summed E-state index contributed by atoms with van der Waals surface area (Å²) >= 11 is 6.03. The SMILES string of the molecule is Cc1ccccc1CN1CCN(Cc2ccc(O)c(Cl)c2)CC1CCO. The maximum atomic E-state index is 9.58. The molecule has 3 rings (SSSR count). The van der Waals surface area contributed by atoms with E-state index in [4.69, 9.17) is 11.6 Å². The van der Waals surface area contributed by atoms with Crippen molar-refractivity contribution in [2.24, 2.45) is 0 Å². The maximum Gasteiger partial charge on any atom is 0.134 e. The number of hydrogen-bond donors (Lipinski definition) is 2. The number of hydrogen-bond acceptors (Lipinski definition) is 4. The highest BCUT2D eigenvalue weighted by Gasteiger charge is 2.27. The highest BCUT2D eigenvalue weighted by Crippen LogP contribution is 2.25. The molecule has 1 fully saturated rings. The molecule has 0 amide bonds. The lowest BCUT2D eigenvalue weighted by Gasteiger charge is -2.41. The Balaban J connectivity index is 1.65. The van der Waals surface area contributed by atoms with E-state index in [1.54, 1.807) is 6.07 Å². The molecule has 1 heterocycles. The van der Waals surface area contributed by atoms with Crippen LogP contribution in [0.15, 0.2) is 42.5 Å². The second kappa shape index (κ2) is 8.87. The summed E-state index contributed by atoms with van der Waals surface area (Å²) < 4.78 is 0. The molecule has 1 aliphatic rings. The first-order valence-corrected chi connectivity index (χ1v) is 9.54. The van der Waals surface area contributed by atoms with Crippen molar-refractivity contribution in [3.05, 3.63) is 64.2 Å². The third-order valence-electron chi connectivity index (χ3n) is 5.20. The molecule has 4 nitrogen and oxygen atoms in total. The van der Waals surface area contributed by atoms with Crippen molar-refractivity contribution in [1.82, 2.24) is 9.80 Å². The Kier molecular flexibility index (Phi) is 6.54. The minimum absolute atomic E-state index is 0.122. The number of aliphatic hydroxyl groups is 1. The number of piperazine rings is 1. The fourth-order valence-corrected chi connectivity index (χ4v) is 3.85. The molecule has 0 radical (unpaired) electrons. The van der Waals surface area contributed by atoms with Gasteiger partial charge < -0.3 is 10.2 Å². The summed E-state index contributed by atoms with van der Waals surface area (Å²) in [5.41, 5.74) is 3.77. The quantitative estimate of drug-likeness (QED) is 0.813. The number of halogens is 1. The molecule has 0 aromatic heterocycles. The molecule has 0 bridgehead atoms. The molecular weight excluding hydrogens is 348 g/mol. The molecule has 1 unspecified atom stereocenters. The average molecular weight is 375 g/mol. The number of aromatic hydroxyl groups is 1. The van der Waals surface area contributed by atoms with Crippen LogP contribution in [0.25, 0.3) is 0 Å². The highest BCUT2D eigenvalue weighted by atomic mass is 35.5. The lowest BCUT2D eigenvalue weighted by atomic mass is 10.0. The van der Waals surface area contributed by atoms with Gasteiger partial charge >= 0.3 is 0 Å². The van der Waals surface area contributed by atoms with E-state index in [1.165, 1.54) is 11.1 Å². The number of nitrogens with zero attached hydrogens (tertiary/aromatic N) is 2. The second-order valence-electron chi connectivity index (χ2n) is 7.08. The van der Waals surface area contributed by atoms with Gasteiger partial charge in [-0.3, -0.25) is 9.80 Å². The molecule has 140 valence electrons. The summed E-state index contributed by atoms with van der Waals surface area (Å²) in [5.74, 6) is 0.122. The summed E-state index contributed by atoms with van der Waals surface area (Å²) in [4.78, 5) is 4.89. The van der Waals surface area contributed by atoms with Gasteiger partial charge in [0.2, 0.25) is 0 Å². The van der Waals surface area contributed by atoms with E-state index >= 15 is 0 Å². The molecule has 2 N–H and O–H groups in total. The molecular formula is C21H27ClN2O2. The fraction of sp³-hybridized carbons (Fsp3) is 0.429. The molecule has 0 aliphatic carbocycles. The third kappa shape index (κ3) is 4.77. The van der Waals surface area contributed by atoms with Crippen LogP contribution in [0, 0.1) is 6.92 Å².